The Kier molecular flexibility index (Phi) is 7.09. The zero-order valence-corrected chi connectivity index (χ0v) is 25.9. The van der Waals surface area contributed by atoms with E-state index in [-0.39, 0.29) is 66.8 Å². The molecule has 3 aliphatic heterocycles. The van der Waals surface area contributed by atoms with E-state index in [1.807, 2.05) is 12.1 Å². The zero-order chi connectivity index (χ0) is 32.6. The quantitative estimate of drug-likeness (QED) is 0.281. The van der Waals surface area contributed by atoms with E-state index in [4.69, 9.17) is 16.3 Å². The van der Waals surface area contributed by atoms with Crippen LogP contribution in [0.3, 0.4) is 0 Å². The number of amides is 1. The number of anilines is 1. The van der Waals surface area contributed by atoms with Gasteiger partial charge in [0.1, 0.15) is 35.9 Å². The number of nitrogens with zero attached hydrogens (tertiary/aromatic N) is 6. The Hall–Kier alpha value is -4.37. The molecule has 1 amide bonds. The van der Waals surface area contributed by atoms with Crippen molar-refractivity contribution >= 4 is 22.6 Å². The van der Waals surface area contributed by atoms with Crippen molar-refractivity contribution < 1.29 is 27.8 Å². The zero-order valence-electron chi connectivity index (χ0n) is 25.9. The van der Waals surface area contributed by atoms with Crippen molar-refractivity contribution in [1.29, 1.82) is 0 Å². The number of halogens is 3. The Morgan fingerprint density at radius 3 is 2.89 bits per heavy atom. The number of aromatic hydroxyl groups is 1. The first-order valence-corrected chi connectivity index (χ1v) is 16.3. The summed E-state index contributed by atoms with van der Waals surface area (Å²) in [5, 5.41) is 11.6. The predicted octanol–water partition coefficient (Wildman–Crippen LogP) is 5.18. The molecule has 2 aromatic carbocycles. The van der Waals surface area contributed by atoms with Gasteiger partial charge in [-0.3, -0.25) is 9.69 Å². The molecule has 12 heteroatoms. The molecule has 4 heterocycles. The van der Waals surface area contributed by atoms with Gasteiger partial charge in [-0.2, -0.15) is 9.97 Å². The second-order valence-electron chi connectivity index (χ2n) is 13.7. The van der Waals surface area contributed by atoms with Crippen LogP contribution in [0.2, 0.25) is 0 Å². The molecule has 1 aromatic heterocycles. The minimum atomic E-state index is -1.11. The summed E-state index contributed by atoms with van der Waals surface area (Å²) in [5.41, 5.74) is 2.45. The van der Waals surface area contributed by atoms with Crippen LogP contribution in [-0.4, -0.2) is 94.4 Å². The number of fused-ring (bicyclic) bond motifs is 5. The Balaban J connectivity index is 1.22. The van der Waals surface area contributed by atoms with Crippen LogP contribution in [0.25, 0.3) is 26.9 Å². The lowest BCUT2D eigenvalue weighted by Crippen LogP contribution is -2.56. The highest BCUT2D eigenvalue weighted by Crippen LogP contribution is 2.58. The first-order valence-electron chi connectivity index (χ1n) is 16.3. The van der Waals surface area contributed by atoms with Gasteiger partial charge in [-0.1, -0.05) is 24.8 Å². The molecule has 2 aliphatic carbocycles. The Morgan fingerprint density at radius 2 is 2.09 bits per heavy atom. The van der Waals surface area contributed by atoms with Crippen molar-refractivity contribution in [3.63, 3.8) is 0 Å². The van der Waals surface area contributed by atoms with Gasteiger partial charge in [0.05, 0.1) is 11.1 Å². The molecule has 9 nitrogen and oxygen atoms in total. The van der Waals surface area contributed by atoms with Crippen molar-refractivity contribution in [2.75, 3.05) is 50.8 Å². The molecule has 5 atom stereocenters. The lowest BCUT2D eigenvalue weighted by molar-refractivity contribution is -0.131. The van der Waals surface area contributed by atoms with Gasteiger partial charge in [-0.25, -0.2) is 19.7 Å². The third-order valence-electron chi connectivity index (χ3n) is 10.9. The summed E-state index contributed by atoms with van der Waals surface area (Å²) in [6, 6.07) is 6.51. The van der Waals surface area contributed by atoms with E-state index >= 15 is 4.39 Å². The number of phenols is 1. The monoisotopic (exact) mass is 644 g/mol. The molecule has 0 bridgehead atoms. The Morgan fingerprint density at radius 1 is 1.23 bits per heavy atom. The molecule has 244 valence electrons. The highest BCUT2D eigenvalue weighted by Gasteiger charge is 2.50. The van der Waals surface area contributed by atoms with Crippen LogP contribution in [0.4, 0.5) is 19.0 Å². The average Bonchev–Trinajstić information content (AvgIpc) is 3.39. The standard InChI is InChI=1S/C35H35F3N6O3/c1-19(36)33(46)44-10-9-42(17-22(44)15-39-2)32-27-13-28(45)29(24-6-3-5-23-25-11-20(25)12-26(23)24)30(38)31(27)40-34(41-32)47-18-35-7-4-8-43(35)16-21(37)14-35/h3,5-6,13,20-22,25,45H,1,4,7-12,14-18H2/t20-,21+,22-,25-,35-/m0/s1. The molecule has 5 aliphatic rings. The largest absolute Gasteiger partial charge is 0.507 e. The molecule has 3 aromatic rings. The van der Waals surface area contributed by atoms with Crippen molar-refractivity contribution in [2.24, 2.45) is 5.92 Å². The summed E-state index contributed by atoms with van der Waals surface area (Å²) in [7, 11) is 0. The first-order chi connectivity index (χ1) is 22.7. The number of hydrogen-bond acceptors (Lipinski definition) is 7. The van der Waals surface area contributed by atoms with Crippen LogP contribution in [0.5, 0.6) is 11.8 Å². The van der Waals surface area contributed by atoms with E-state index in [1.165, 1.54) is 16.5 Å². The molecule has 1 N–H and O–H groups in total. The number of hydrogen-bond donors (Lipinski definition) is 1. The first kappa shape index (κ1) is 30.0. The molecule has 3 saturated heterocycles. The van der Waals surface area contributed by atoms with Crippen LogP contribution >= 0.6 is 0 Å². The van der Waals surface area contributed by atoms with Crippen LogP contribution in [0, 0.1) is 18.3 Å². The fourth-order valence-electron chi connectivity index (χ4n) is 8.65. The molecule has 0 spiro atoms. The van der Waals surface area contributed by atoms with Crippen LogP contribution in [0.15, 0.2) is 36.7 Å². The maximum absolute atomic E-state index is 16.9. The van der Waals surface area contributed by atoms with Gasteiger partial charge in [0.2, 0.25) is 6.54 Å². The Bertz CT molecular complexity index is 1860. The number of carbonyl (C=O) groups excluding carboxylic acids is 1. The van der Waals surface area contributed by atoms with Gasteiger partial charge in [0.25, 0.3) is 5.91 Å². The van der Waals surface area contributed by atoms with Crippen molar-refractivity contribution in [1.82, 2.24) is 19.8 Å². The number of aromatic nitrogens is 2. The molecular weight excluding hydrogens is 609 g/mol. The van der Waals surface area contributed by atoms with Gasteiger partial charge < -0.3 is 24.5 Å². The highest BCUT2D eigenvalue weighted by atomic mass is 19.1. The van der Waals surface area contributed by atoms with Gasteiger partial charge >= 0.3 is 6.01 Å². The normalized spacial score (nSPS) is 27.8. The van der Waals surface area contributed by atoms with Crippen LogP contribution in [-0.2, 0) is 11.2 Å². The summed E-state index contributed by atoms with van der Waals surface area (Å²) >= 11 is 0. The topological polar surface area (TPSA) is 86.4 Å². The third-order valence-corrected chi connectivity index (χ3v) is 10.9. The summed E-state index contributed by atoms with van der Waals surface area (Å²) in [6.07, 6.45) is 3.06. The highest BCUT2D eigenvalue weighted by molar-refractivity contribution is 5.97. The lowest BCUT2D eigenvalue weighted by Gasteiger charge is -2.39. The number of phenolic OH excluding ortho intramolecular Hbond substituents is 1. The van der Waals surface area contributed by atoms with Crippen molar-refractivity contribution in [3.05, 3.63) is 65.0 Å². The average molecular weight is 645 g/mol. The SMILES string of the molecule is [C-]#[N+]C[C@H]1CN(c2nc(OC[C@@]34CCCN3C[C@H](F)C4)nc3c(F)c(-c4cccc5c4C[C@@H]4C[C@H]54)c(O)cc23)CCN1C(=O)C(=C)F. The van der Waals surface area contributed by atoms with E-state index in [0.717, 1.165) is 37.8 Å². The van der Waals surface area contributed by atoms with Gasteiger partial charge in [0.15, 0.2) is 11.6 Å². The summed E-state index contributed by atoms with van der Waals surface area (Å²) in [6.45, 7) is 12.1. The molecule has 0 unspecified atom stereocenters. The van der Waals surface area contributed by atoms with Gasteiger partial charge in [0, 0.05) is 38.0 Å². The van der Waals surface area contributed by atoms with Crippen LogP contribution < -0.4 is 9.64 Å². The summed E-state index contributed by atoms with van der Waals surface area (Å²) < 4.78 is 51.4. The van der Waals surface area contributed by atoms with E-state index in [1.54, 1.807) is 4.90 Å². The fourth-order valence-corrected chi connectivity index (χ4v) is 8.65. The van der Waals surface area contributed by atoms with Gasteiger partial charge in [-0.05, 0) is 66.8 Å². The summed E-state index contributed by atoms with van der Waals surface area (Å²) in [5.74, 6) is -1.62. The van der Waals surface area contributed by atoms with E-state index in [9.17, 15) is 18.7 Å². The molecule has 4 fully saturated rings. The molecule has 47 heavy (non-hydrogen) atoms. The van der Waals surface area contributed by atoms with Crippen molar-refractivity contribution in [2.45, 2.75) is 55.8 Å². The summed E-state index contributed by atoms with van der Waals surface area (Å²) in [4.78, 5) is 30.5. The fraction of sp³-hybridized carbons (Fsp3) is 0.486. The lowest BCUT2D eigenvalue weighted by atomic mass is 9.92. The number of piperazine rings is 1. The Labute approximate surface area is 270 Å². The van der Waals surface area contributed by atoms with Crippen molar-refractivity contribution in [3.8, 4) is 22.9 Å². The van der Waals surface area contributed by atoms with Crippen LogP contribution in [0.1, 0.15) is 42.7 Å². The minimum Gasteiger partial charge on any atom is -0.507 e. The predicted molar refractivity (Wildman–Crippen MR) is 169 cm³/mol. The number of ether oxygens (including phenoxy) is 1. The van der Waals surface area contributed by atoms with E-state index in [0.29, 0.717) is 30.4 Å². The maximum atomic E-state index is 16.9. The number of rotatable bonds is 7. The van der Waals surface area contributed by atoms with Gasteiger partial charge in [-0.15, -0.1) is 0 Å². The molecular formula is C35H35F3N6O3. The molecule has 0 radical (unpaired) electrons. The second-order valence-corrected chi connectivity index (χ2v) is 13.7. The maximum Gasteiger partial charge on any atom is 0.319 e. The smallest absolute Gasteiger partial charge is 0.319 e. The molecule has 1 saturated carbocycles. The number of benzene rings is 2. The van der Waals surface area contributed by atoms with E-state index < -0.39 is 35.3 Å². The number of carbonyl (C=O) groups is 1. The van der Waals surface area contributed by atoms with E-state index in [2.05, 4.69) is 27.4 Å². The third kappa shape index (κ3) is 4.89. The minimum absolute atomic E-state index is 0.0356. The number of alkyl halides is 1. The second kappa shape index (κ2) is 11.1. The molecule has 8 rings (SSSR count).